The second kappa shape index (κ2) is 5.49. The van der Waals surface area contributed by atoms with Crippen LogP contribution < -0.4 is 5.73 Å². The van der Waals surface area contributed by atoms with Crippen molar-refractivity contribution in [2.45, 2.75) is 50.9 Å². The van der Waals surface area contributed by atoms with Gasteiger partial charge in [-0.1, -0.05) is 44.0 Å². The van der Waals surface area contributed by atoms with E-state index in [0.29, 0.717) is 5.92 Å². The van der Waals surface area contributed by atoms with Crippen molar-refractivity contribution in [3.63, 3.8) is 0 Å². The number of hydrogen-bond donors (Lipinski definition) is 1. The van der Waals surface area contributed by atoms with Crippen LogP contribution in [0.2, 0.25) is 0 Å². The molecule has 2 N–H and O–H groups in total. The van der Waals surface area contributed by atoms with Crippen molar-refractivity contribution in [1.82, 2.24) is 0 Å². The van der Waals surface area contributed by atoms with Crippen molar-refractivity contribution in [3.8, 4) is 0 Å². The third-order valence-corrected chi connectivity index (χ3v) is 3.92. The van der Waals surface area contributed by atoms with Gasteiger partial charge in [-0.3, -0.25) is 0 Å². The molecule has 88 valence electrons. The summed E-state index contributed by atoms with van der Waals surface area (Å²) in [4.78, 5) is 0. The molecule has 0 amide bonds. The van der Waals surface area contributed by atoms with E-state index in [2.05, 4.69) is 31.2 Å². The van der Waals surface area contributed by atoms with Gasteiger partial charge < -0.3 is 5.73 Å². The van der Waals surface area contributed by atoms with Gasteiger partial charge in [-0.15, -0.1) is 0 Å². The monoisotopic (exact) mass is 217 g/mol. The minimum absolute atomic E-state index is 0.613. The van der Waals surface area contributed by atoms with Gasteiger partial charge in [0.2, 0.25) is 0 Å². The highest BCUT2D eigenvalue weighted by Gasteiger charge is 2.21. The molecule has 2 rings (SSSR count). The molecule has 0 heterocycles. The van der Waals surface area contributed by atoms with Crippen LogP contribution in [0.5, 0.6) is 0 Å². The van der Waals surface area contributed by atoms with E-state index in [1.54, 1.807) is 11.1 Å². The van der Waals surface area contributed by atoms with Crippen molar-refractivity contribution in [1.29, 1.82) is 0 Å². The van der Waals surface area contributed by atoms with E-state index in [-0.39, 0.29) is 0 Å². The minimum atomic E-state index is 0.613. The molecule has 16 heavy (non-hydrogen) atoms. The summed E-state index contributed by atoms with van der Waals surface area (Å²) in [5.74, 6) is 1.43. The van der Waals surface area contributed by atoms with Gasteiger partial charge in [-0.05, 0) is 48.8 Å². The lowest BCUT2D eigenvalue weighted by Gasteiger charge is -2.19. The Labute approximate surface area is 99.0 Å². The van der Waals surface area contributed by atoms with E-state index < -0.39 is 0 Å². The summed E-state index contributed by atoms with van der Waals surface area (Å²) in [7, 11) is 0. The van der Waals surface area contributed by atoms with Crippen molar-refractivity contribution in [2.75, 3.05) is 6.54 Å². The molecule has 1 nitrogen and oxygen atoms in total. The van der Waals surface area contributed by atoms with Gasteiger partial charge in [0.25, 0.3) is 0 Å². The maximum absolute atomic E-state index is 5.67. The molecule has 0 aromatic heterocycles. The lowest BCUT2D eigenvalue weighted by Crippen LogP contribution is -2.08. The fourth-order valence-corrected chi connectivity index (χ4v) is 2.97. The normalized spacial score (nSPS) is 18.9. The summed E-state index contributed by atoms with van der Waals surface area (Å²) in [6, 6.07) is 8.99. The van der Waals surface area contributed by atoms with Gasteiger partial charge in [0.1, 0.15) is 0 Å². The third kappa shape index (κ3) is 2.46. The van der Waals surface area contributed by atoms with Crippen molar-refractivity contribution in [3.05, 3.63) is 35.4 Å². The number of rotatable bonds is 4. The van der Waals surface area contributed by atoms with Crippen molar-refractivity contribution >= 4 is 0 Å². The molecule has 1 fully saturated rings. The highest BCUT2D eigenvalue weighted by atomic mass is 14.5. The Balaban J connectivity index is 2.22. The first-order valence-corrected chi connectivity index (χ1v) is 6.62. The summed E-state index contributed by atoms with van der Waals surface area (Å²) < 4.78 is 0. The Hall–Kier alpha value is -0.820. The van der Waals surface area contributed by atoms with Gasteiger partial charge in [0, 0.05) is 0 Å². The molecule has 0 saturated heterocycles. The first-order chi connectivity index (χ1) is 7.83. The summed E-state index contributed by atoms with van der Waals surface area (Å²) in [5.41, 5.74) is 8.81. The Bertz CT molecular complexity index is 326. The van der Waals surface area contributed by atoms with Crippen LogP contribution in [0.25, 0.3) is 0 Å². The van der Waals surface area contributed by atoms with E-state index in [1.807, 2.05) is 0 Å². The minimum Gasteiger partial charge on any atom is -0.330 e. The molecular formula is C15H23N. The van der Waals surface area contributed by atoms with Crippen LogP contribution in [0.15, 0.2) is 24.3 Å². The van der Waals surface area contributed by atoms with Crippen LogP contribution in [-0.4, -0.2) is 6.54 Å². The predicted molar refractivity (Wildman–Crippen MR) is 69.7 cm³/mol. The zero-order valence-electron chi connectivity index (χ0n) is 10.3. The first kappa shape index (κ1) is 11.7. The van der Waals surface area contributed by atoms with Gasteiger partial charge in [-0.2, -0.15) is 0 Å². The van der Waals surface area contributed by atoms with E-state index in [1.165, 1.54) is 25.7 Å². The van der Waals surface area contributed by atoms with Gasteiger partial charge in [0.15, 0.2) is 0 Å². The summed E-state index contributed by atoms with van der Waals surface area (Å²) in [5, 5.41) is 0. The zero-order chi connectivity index (χ0) is 11.4. The maximum atomic E-state index is 5.67. The number of nitrogens with two attached hydrogens (primary N) is 1. The van der Waals surface area contributed by atoms with Crippen LogP contribution in [0.3, 0.4) is 0 Å². The zero-order valence-corrected chi connectivity index (χ0v) is 10.3. The fourth-order valence-electron chi connectivity index (χ4n) is 2.97. The SMILES string of the molecule is CC(CCN)c1ccccc1C1CCCC1. The fraction of sp³-hybridized carbons (Fsp3) is 0.600. The highest BCUT2D eigenvalue weighted by Crippen LogP contribution is 2.38. The second-order valence-electron chi connectivity index (χ2n) is 5.09. The topological polar surface area (TPSA) is 26.0 Å². The van der Waals surface area contributed by atoms with Gasteiger partial charge in [0.05, 0.1) is 0 Å². The Morgan fingerprint density at radius 3 is 2.62 bits per heavy atom. The Kier molecular flexibility index (Phi) is 4.00. The summed E-state index contributed by atoms with van der Waals surface area (Å²) >= 11 is 0. The molecule has 1 unspecified atom stereocenters. The van der Waals surface area contributed by atoms with Crippen LogP contribution in [0.4, 0.5) is 0 Å². The molecule has 0 radical (unpaired) electrons. The van der Waals surface area contributed by atoms with Crippen LogP contribution in [-0.2, 0) is 0 Å². The van der Waals surface area contributed by atoms with Gasteiger partial charge in [-0.25, -0.2) is 0 Å². The van der Waals surface area contributed by atoms with Crippen molar-refractivity contribution < 1.29 is 0 Å². The van der Waals surface area contributed by atoms with Crippen LogP contribution in [0, 0.1) is 0 Å². The average molecular weight is 217 g/mol. The molecule has 1 aliphatic rings. The molecular weight excluding hydrogens is 194 g/mol. The number of benzene rings is 1. The summed E-state index contributed by atoms with van der Waals surface area (Å²) in [6.45, 7) is 3.10. The Morgan fingerprint density at radius 1 is 1.25 bits per heavy atom. The molecule has 1 atom stereocenters. The number of hydrogen-bond acceptors (Lipinski definition) is 1. The largest absolute Gasteiger partial charge is 0.330 e. The molecule has 0 spiro atoms. The predicted octanol–water partition coefficient (Wildman–Crippen LogP) is 3.80. The molecule has 1 heteroatoms. The molecule has 1 aromatic rings. The van der Waals surface area contributed by atoms with Crippen molar-refractivity contribution in [2.24, 2.45) is 5.73 Å². The summed E-state index contributed by atoms with van der Waals surface area (Å²) in [6.07, 6.45) is 6.68. The van der Waals surface area contributed by atoms with E-state index >= 15 is 0 Å². The molecule has 1 aromatic carbocycles. The van der Waals surface area contributed by atoms with E-state index in [0.717, 1.165) is 18.9 Å². The second-order valence-corrected chi connectivity index (χ2v) is 5.09. The Morgan fingerprint density at radius 2 is 1.94 bits per heavy atom. The molecule has 1 aliphatic carbocycles. The van der Waals surface area contributed by atoms with Gasteiger partial charge >= 0.3 is 0 Å². The molecule has 1 saturated carbocycles. The third-order valence-electron chi connectivity index (χ3n) is 3.92. The van der Waals surface area contributed by atoms with E-state index in [4.69, 9.17) is 5.73 Å². The quantitative estimate of drug-likeness (QED) is 0.815. The first-order valence-electron chi connectivity index (χ1n) is 6.62. The smallest absolute Gasteiger partial charge is 0.00715 e. The van der Waals surface area contributed by atoms with Crippen LogP contribution >= 0.6 is 0 Å². The average Bonchev–Trinajstić information content (AvgIpc) is 2.83. The lowest BCUT2D eigenvalue weighted by molar-refractivity contribution is 0.651. The highest BCUT2D eigenvalue weighted by molar-refractivity contribution is 5.33. The molecule has 0 bridgehead atoms. The maximum Gasteiger partial charge on any atom is -0.00715 e. The van der Waals surface area contributed by atoms with Crippen LogP contribution in [0.1, 0.15) is 62.0 Å². The standard InChI is InChI=1S/C15H23N/c1-12(10-11-16)14-8-4-5-9-15(14)13-6-2-3-7-13/h4-5,8-9,12-13H,2-3,6-7,10-11,16H2,1H3. The van der Waals surface area contributed by atoms with E-state index in [9.17, 15) is 0 Å². The lowest BCUT2D eigenvalue weighted by atomic mass is 9.86. The molecule has 0 aliphatic heterocycles.